The molecule has 2 unspecified atom stereocenters. The minimum atomic E-state index is -3.23. The molecule has 0 aromatic heterocycles. The van der Waals surface area contributed by atoms with E-state index in [2.05, 4.69) is 0 Å². The Kier molecular flexibility index (Phi) is 6.92. The van der Waals surface area contributed by atoms with E-state index in [0.717, 1.165) is 11.1 Å². The van der Waals surface area contributed by atoms with Gasteiger partial charge < -0.3 is 9.64 Å². The maximum atomic E-state index is 12.8. The lowest BCUT2D eigenvalue weighted by molar-refractivity contribution is -0.145. The molecule has 1 heterocycles. The van der Waals surface area contributed by atoms with Crippen molar-refractivity contribution in [1.82, 2.24) is 4.90 Å². The average molecular weight is 430 g/mol. The lowest BCUT2D eigenvalue weighted by Gasteiger charge is -2.16. The first-order valence-corrected chi connectivity index (χ1v) is 11.7. The zero-order valence-electron chi connectivity index (χ0n) is 17.3. The topological polar surface area (TPSA) is 80.8 Å². The molecule has 1 aliphatic rings. The predicted molar refractivity (Wildman–Crippen MR) is 114 cm³/mol. The number of likely N-dealkylation sites (tertiary alicyclic amines) is 1. The van der Waals surface area contributed by atoms with Gasteiger partial charge >= 0.3 is 5.97 Å². The maximum Gasteiger partial charge on any atom is 0.311 e. The number of ether oxygens (including phenoxy) is 1. The number of rotatable bonds is 7. The fraction of sp³-hybridized carbons (Fsp3) is 0.391. The molecule has 1 fully saturated rings. The first-order chi connectivity index (χ1) is 14.4. The van der Waals surface area contributed by atoms with Crippen molar-refractivity contribution in [2.75, 3.05) is 26.0 Å². The molecule has 0 spiro atoms. The number of nitrogens with zero attached hydrogens (tertiary/aromatic N) is 1. The van der Waals surface area contributed by atoms with Gasteiger partial charge in [0.2, 0.25) is 5.91 Å². The second-order valence-corrected chi connectivity index (χ2v) is 9.77. The number of hydrogen-bond acceptors (Lipinski definition) is 5. The van der Waals surface area contributed by atoms with E-state index in [-0.39, 0.29) is 29.5 Å². The molecular formula is C23H27NO5S. The van der Waals surface area contributed by atoms with Gasteiger partial charge in [-0.05, 0) is 29.7 Å². The number of hydrogen-bond donors (Lipinski definition) is 0. The van der Waals surface area contributed by atoms with Crippen LogP contribution in [0.1, 0.15) is 30.4 Å². The van der Waals surface area contributed by atoms with E-state index in [1.807, 2.05) is 30.3 Å². The van der Waals surface area contributed by atoms with Gasteiger partial charge in [-0.25, -0.2) is 8.42 Å². The first-order valence-electron chi connectivity index (χ1n) is 10.1. The van der Waals surface area contributed by atoms with Crippen LogP contribution >= 0.6 is 0 Å². The Morgan fingerprint density at radius 3 is 2.30 bits per heavy atom. The molecule has 160 valence electrons. The second kappa shape index (κ2) is 9.43. The number of carbonyl (C=O) groups excluding carboxylic acids is 2. The lowest BCUT2D eigenvalue weighted by atomic mass is 9.89. The molecule has 2 aromatic rings. The number of aryl methyl sites for hydroxylation is 1. The number of sulfone groups is 1. The van der Waals surface area contributed by atoms with E-state index in [1.54, 1.807) is 36.1 Å². The summed E-state index contributed by atoms with van der Waals surface area (Å²) < 4.78 is 28.8. The van der Waals surface area contributed by atoms with Crippen molar-refractivity contribution in [2.24, 2.45) is 5.92 Å². The molecule has 1 amide bonds. The fourth-order valence-electron chi connectivity index (χ4n) is 3.88. The number of amides is 1. The SMILES string of the molecule is CCS(=O)(=O)c1ccc(CCC(=O)N2CC(C(=O)OC)C(c3ccccc3)C2)cc1. The molecule has 2 atom stereocenters. The van der Waals surface area contributed by atoms with Gasteiger partial charge in [0.25, 0.3) is 0 Å². The molecule has 1 aliphatic heterocycles. The van der Waals surface area contributed by atoms with E-state index in [0.29, 0.717) is 30.8 Å². The van der Waals surface area contributed by atoms with Crippen LogP contribution < -0.4 is 0 Å². The van der Waals surface area contributed by atoms with Crippen molar-refractivity contribution in [3.05, 3.63) is 65.7 Å². The van der Waals surface area contributed by atoms with E-state index in [9.17, 15) is 18.0 Å². The number of carbonyl (C=O) groups is 2. The van der Waals surface area contributed by atoms with E-state index >= 15 is 0 Å². The molecule has 2 aromatic carbocycles. The van der Waals surface area contributed by atoms with E-state index in [4.69, 9.17) is 4.74 Å². The van der Waals surface area contributed by atoms with Gasteiger partial charge in [0, 0.05) is 25.4 Å². The maximum absolute atomic E-state index is 12.8. The zero-order valence-corrected chi connectivity index (χ0v) is 18.1. The summed E-state index contributed by atoms with van der Waals surface area (Å²) in [6, 6.07) is 16.4. The third kappa shape index (κ3) is 4.90. The first kappa shape index (κ1) is 22.0. The zero-order chi connectivity index (χ0) is 21.7. The van der Waals surface area contributed by atoms with Crippen LogP contribution in [-0.2, 0) is 30.6 Å². The Bertz CT molecular complexity index is 986. The Labute approximate surface area is 177 Å². The molecule has 6 nitrogen and oxygen atoms in total. The van der Waals surface area contributed by atoms with Crippen molar-refractivity contribution in [3.8, 4) is 0 Å². The molecule has 0 N–H and O–H groups in total. The monoisotopic (exact) mass is 429 g/mol. The Hall–Kier alpha value is -2.67. The Balaban J connectivity index is 1.65. The van der Waals surface area contributed by atoms with Crippen LogP contribution in [0.15, 0.2) is 59.5 Å². The van der Waals surface area contributed by atoms with Gasteiger partial charge in [-0.1, -0.05) is 49.4 Å². The fourth-order valence-corrected chi connectivity index (χ4v) is 4.76. The molecular weight excluding hydrogens is 402 g/mol. The molecule has 0 radical (unpaired) electrons. The molecule has 1 saturated heterocycles. The van der Waals surface area contributed by atoms with Crippen LogP contribution in [0.2, 0.25) is 0 Å². The summed E-state index contributed by atoms with van der Waals surface area (Å²) in [6.07, 6.45) is 0.815. The van der Waals surface area contributed by atoms with Crippen molar-refractivity contribution < 1.29 is 22.7 Å². The van der Waals surface area contributed by atoms with E-state index in [1.165, 1.54) is 7.11 Å². The van der Waals surface area contributed by atoms with Gasteiger partial charge in [0.15, 0.2) is 9.84 Å². The summed E-state index contributed by atoms with van der Waals surface area (Å²) in [4.78, 5) is 27.1. The molecule has 0 saturated carbocycles. The highest BCUT2D eigenvalue weighted by Gasteiger charge is 2.40. The highest BCUT2D eigenvalue weighted by atomic mass is 32.2. The molecule has 0 bridgehead atoms. The van der Waals surface area contributed by atoms with Crippen molar-refractivity contribution in [2.45, 2.75) is 30.6 Å². The van der Waals surface area contributed by atoms with Gasteiger partial charge in [-0.3, -0.25) is 9.59 Å². The van der Waals surface area contributed by atoms with Gasteiger partial charge in [-0.2, -0.15) is 0 Å². The molecule has 7 heteroatoms. The average Bonchev–Trinajstić information content (AvgIpc) is 3.23. The third-order valence-electron chi connectivity index (χ3n) is 5.69. The second-order valence-electron chi connectivity index (χ2n) is 7.49. The number of esters is 1. The Morgan fingerprint density at radius 1 is 1.03 bits per heavy atom. The molecule has 3 rings (SSSR count). The third-order valence-corrected chi connectivity index (χ3v) is 7.44. The minimum absolute atomic E-state index is 0.0207. The summed E-state index contributed by atoms with van der Waals surface area (Å²) in [5, 5.41) is 0. The minimum Gasteiger partial charge on any atom is -0.469 e. The summed E-state index contributed by atoms with van der Waals surface area (Å²) >= 11 is 0. The quantitative estimate of drug-likeness (QED) is 0.632. The Morgan fingerprint density at radius 2 is 1.70 bits per heavy atom. The van der Waals surface area contributed by atoms with Crippen molar-refractivity contribution >= 4 is 21.7 Å². The van der Waals surface area contributed by atoms with Gasteiger partial charge in [0.05, 0.1) is 23.7 Å². The summed E-state index contributed by atoms with van der Waals surface area (Å²) in [7, 11) is -1.86. The van der Waals surface area contributed by atoms with Gasteiger partial charge in [0.1, 0.15) is 0 Å². The van der Waals surface area contributed by atoms with Gasteiger partial charge in [-0.15, -0.1) is 0 Å². The predicted octanol–water partition coefficient (Wildman–Crippen LogP) is 2.83. The molecule has 30 heavy (non-hydrogen) atoms. The van der Waals surface area contributed by atoms with Crippen LogP contribution in [0, 0.1) is 5.92 Å². The standard InChI is InChI=1S/C23H27NO5S/c1-3-30(27,28)19-12-9-17(10-13-19)11-14-22(25)24-15-20(18-7-5-4-6-8-18)21(16-24)23(26)29-2/h4-10,12-13,20-21H,3,11,14-16H2,1-2H3. The van der Waals surface area contributed by atoms with Crippen LogP contribution in [0.3, 0.4) is 0 Å². The van der Waals surface area contributed by atoms with Crippen LogP contribution in [-0.4, -0.2) is 51.1 Å². The number of benzene rings is 2. The largest absolute Gasteiger partial charge is 0.469 e. The van der Waals surface area contributed by atoms with Crippen LogP contribution in [0.4, 0.5) is 0 Å². The summed E-state index contributed by atoms with van der Waals surface area (Å²) in [6.45, 7) is 2.44. The lowest BCUT2D eigenvalue weighted by Crippen LogP contribution is -2.30. The smallest absolute Gasteiger partial charge is 0.311 e. The van der Waals surface area contributed by atoms with Crippen LogP contribution in [0.5, 0.6) is 0 Å². The molecule has 0 aliphatic carbocycles. The van der Waals surface area contributed by atoms with Crippen molar-refractivity contribution in [1.29, 1.82) is 0 Å². The van der Waals surface area contributed by atoms with Crippen molar-refractivity contribution in [3.63, 3.8) is 0 Å². The van der Waals surface area contributed by atoms with E-state index < -0.39 is 9.84 Å². The highest BCUT2D eigenvalue weighted by molar-refractivity contribution is 7.91. The number of methoxy groups -OCH3 is 1. The normalized spacial score (nSPS) is 18.9. The summed E-state index contributed by atoms with van der Waals surface area (Å²) in [5.74, 6) is -0.718. The summed E-state index contributed by atoms with van der Waals surface area (Å²) in [5.41, 5.74) is 1.93. The highest BCUT2D eigenvalue weighted by Crippen LogP contribution is 2.34. The van der Waals surface area contributed by atoms with Crippen LogP contribution in [0.25, 0.3) is 0 Å².